The zero-order valence-electron chi connectivity index (χ0n) is 22.8. The van der Waals surface area contributed by atoms with Crippen molar-refractivity contribution in [2.45, 2.75) is 39.2 Å². The molecule has 1 amide bonds. The van der Waals surface area contributed by atoms with Crippen LogP contribution in [-0.2, 0) is 10.3 Å². The first-order valence-electron chi connectivity index (χ1n) is 13.4. The van der Waals surface area contributed by atoms with Crippen molar-refractivity contribution < 1.29 is 9.53 Å². The third-order valence-electron chi connectivity index (χ3n) is 7.96. The van der Waals surface area contributed by atoms with Gasteiger partial charge >= 0.3 is 6.09 Å². The number of primary amides is 1. The molecule has 1 saturated carbocycles. The molecule has 8 heteroatoms. The first kappa shape index (κ1) is 25.6. The van der Waals surface area contributed by atoms with Crippen molar-refractivity contribution in [3.63, 3.8) is 0 Å². The second kappa shape index (κ2) is 9.48. The van der Waals surface area contributed by atoms with Crippen molar-refractivity contribution in [2.24, 2.45) is 17.1 Å². The number of rotatable bonds is 5. The van der Waals surface area contributed by atoms with Crippen LogP contribution in [0.25, 0.3) is 39.5 Å². The number of anilines is 1. The van der Waals surface area contributed by atoms with Crippen LogP contribution in [0.15, 0.2) is 85.1 Å². The highest BCUT2D eigenvalue weighted by Gasteiger charge is 2.55. The number of aromatic nitrogens is 4. The number of benzene rings is 2. The van der Waals surface area contributed by atoms with Crippen LogP contribution in [0.4, 0.5) is 10.6 Å². The lowest BCUT2D eigenvalue weighted by Crippen LogP contribution is -2.53. The van der Waals surface area contributed by atoms with E-state index in [0.29, 0.717) is 22.9 Å². The number of ether oxygens (including phenoxy) is 1. The van der Waals surface area contributed by atoms with E-state index >= 15 is 0 Å². The van der Waals surface area contributed by atoms with Crippen molar-refractivity contribution in [3.05, 3.63) is 90.6 Å². The molecule has 0 spiro atoms. The monoisotopic (exact) mass is 532 g/mol. The fraction of sp³-hybridized carbons (Fsp3) is 0.250. The van der Waals surface area contributed by atoms with Crippen LogP contribution in [0.5, 0.6) is 0 Å². The van der Waals surface area contributed by atoms with Gasteiger partial charge in [-0.2, -0.15) is 0 Å². The quantitative estimate of drug-likeness (QED) is 0.267. The SMILES string of the molecule is CC(C)(C)C1CCC1(OC(N)=O)c1ccc(-n2c(-c3cccnc3N)nc3ccc(-c4ccccc4)nc32)cc1. The van der Waals surface area contributed by atoms with E-state index in [2.05, 4.69) is 25.8 Å². The second-order valence-corrected chi connectivity index (χ2v) is 11.4. The highest BCUT2D eigenvalue weighted by Crippen LogP contribution is 2.57. The molecule has 3 heterocycles. The van der Waals surface area contributed by atoms with Crippen molar-refractivity contribution in [2.75, 3.05) is 5.73 Å². The Hall–Kier alpha value is -4.72. The summed E-state index contributed by atoms with van der Waals surface area (Å²) in [4.78, 5) is 26.3. The molecule has 0 saturated heterocycles. The Labute approximate surface area is 233 Å². The Morgan fingerprint density at radius 1 is 0.975 bits per heavy atom. The van der Waals surface area contributed by atoms with Crippen molar-refractivity contribution >= 4 is 23.1 Å². The summed E-state index contributed by atoms with van der Waals surface area (Å²) in [6, 6.07) is 25.8. The van der Waals surface area contributed by atoms with Crippen LogP contribution in [0.3, 0.4) is 0 Å². The molecule has 5 aromatic rings. The molecule has 2 unspecified atom stereocenters. The number of imidazole rings is 1. The molecular weight excluding hydrogens is 500 g/mol. The standard InChI is InChI=1S/C32H32N6O2/c1-31(2,3)26-17-18-32(26,40-30(34)39)21-11-13-22(14-12-21)38-28(23-10-7-19-35-27(23)33)37-25-16-15-24(36-29(25)38)20-8-5-4-6-9-20/h4-16,19,26H,17-18H2,1-3H3,(H2,33,35)(H2,34,39). The molecule has 8 nitrogen and oxygen atoms in total. The highest BCUT2D eigenvalue weighted by molar-refractivity contribution is 5.84. The van der Waals surface area contributed by atoms with Gasteiger partial charge in [0.15, 0.2) is 11.5 Å². The normalized spacial score (nSPS) is 18.8. The fourth-order valence-corrected chi connectivity index (χ4v) is 6.04. The number of amides is 1. The first-order chi connectivity index (χ1) is 19.2. The zero-order valence-corrected chi connectivity index (χ0v) is 22.8. The number of nitrogens with zero attached hydrogens (tertiary/aromatic N) is 4. The van der Waals surface area contributed by atoms with E-state index in [1.54, 1.807) is 6.20 Å². The smallest absolute Gasteiger partial charge is 0.405 e. The summed E-state index contributed by atoms with van der Waals surface area (Å²) in [6.45, 7) is 6.51. The van der Waals surface area contributed by atoms with Gasteiger partial charge in [0.1, 0.15) is 16.9 Å². The topological polar surface area (TPSA) is 122 Å². The molecule has 0 radical (unpaired) electrons. The van der Waals surface area contributed by atoms with Gasteiger partial charge in [0.25, 0.3) is 0 Å². The van der Waals surface area contributed by atoms with Crippen LogP contribution in [-0.4, -0.2) is 25.6 Å². The lowest BCUT2D eigenvalue weighted by atomic mass is 9.56. The average molecular weight is 533 g/mol. The van der Waals surface area contributed by atoms with Crippen LogP contribution in [0, 0.1) is 11.3 Å². The van der Waals surface area contributed by atoms with E-state index in [4.69, 9.17) is 26.2 Å². The van der Waals surface area contributed by atoms with Gasteiger partial charge in [-0.1, -0.05) is 63.2 Å². The van der Waals surface area contributed by atoms with Crippen LogP contribution < -0.4 is 11.5 Å². The molecule has 0 aliphatic heterocycles. The van der Waals surface area contributed by atoms with E-state index in [9.17, 15) is 4.79 Å². The summed E-state index contributed by atoms with van der Waals surface area (Å²) in [5.74, 6) is 1.17. The van der Waals surface area contributed by atoms with Gasteiger partial charge in [-0.3, -0.25) is 4.57 Å². The zero-order chi connectivity index (χ0) is 28.1. The number of hydrogen-bond donors (Lipinski definition) is 2. The minimum Gasteiger partial charge on any atom is -0.438 e. The number of hydrogen-bond acceptors (Lipinski definition) is 6. The highest BCUT2D eigenvalue weighted by atomic mass is 16.6. The molecule has 1 fully saturated rings. The van der Waals surface area contributed by atoms with Gasteiger partial charge in [-0.25, -0.2) is 19.7 Å². The van der Waals surface area contributed by atoms with E-state index in [1.807, 2.05) is 83.4 Å². The van der Waals surface area contributed by atoms with Gasteiger partial charge in [-0.05, 0) is 60.2 Å². The molecule has 202 valence electrons. The number of fused-ring (bicyclic) bond motifs is 1. The Morgan fingerprint density at radius 3 is 2.35 bits per heavy atom. The molecule has 4 N–H and O–H groups in total. The summed E-state index contributed by atoms with van der Waals surface area (Å²) in [6.07, 6.45) is 2.59. The van der Waals surface area contributed by atoms with Gasteiger partial charge in [-0.15, -0.1) is 0 Å². The summed E-state index contributed by atoms with van der Waals surface area (Å²) in [5.41, 5.74) is 16.8. The third kappa shape index (κ3) is 4.25. The Balaban J connectivity index is 1.52. The van der Waals surface area contributed by atoms with Gasteiger partial charge in [0.05, 0.1) is 11.3 Å². The first-order valence-corrected chi connectivity index (χ1v) is 13.4. The molecule has 2 aromatic carbocycles. The maximum atomic E-state index is 12.0. The molecular formula is C32H32N6O2. The summed E-state index contributed by atoms with van der Waals surface area (Å²) < 4.78 is 7.86. The van der Waals surface area contributed by atoms with Crippen LogP contribution in [0.2, 0.25) is 0 Å². The maximum Gasteiger partial charge on any atom is 0.405 e. The van der Waals surface area contributed by atoms with Crippen LogP contribution in [0.1, 0.15) is 39.2 Å². The molecule has 40 heavy (non-hydrogen) atoms. The molecule has 1 aliphatic rings. The Kier molecular flexibility index (Phi) is 6.06. The largest absolute Gasteiger partial charge is 0.438 e. The third-order valence-corrected chi connectivity index (χ3v) is 7.96. The van der Waals surface area contributed by atoms with Gasteiger partial charge < -0.3 is 16.2 Å². The predicted molar refractivity (Wildman–Crippen MR) is 156 cm³/mol. The molecule has 3 aromatic heterocycles. The number of carbonyl (C=O) groups excluding carboxylic acids is 1. The van der Waals surface area contributed by atoms with Gasteiger partial charge in [0.2, 0.25) is 0 Å². The van der Waals surface area contributed by atoms with E-state index < -0.39 is 11.7 Å². The predicted octanol–water partition coefficient (Wildman–Crippen LogP) is 6.48. The van der Waals surface area contributed by atoms with Crippen molar-refractivity contribution in [3.8, 4) is 28.3 Å². The van der Waals surface area contributed by atoms with E-state index in [-0.39, 0.29) is 11.3 Å². The molecule has 0 bridgehead atoms. The number of pyridine rings is 2. The lowest BCUT2D eigenvalue weighted by Gasteiger charge is -2.54. The number of carbonyl (C=O) groups is 1. The second-order valence-electron chi connectivity index (χ2n) is 11.4. The molecule has 6 rings (SSSR count). The number of nitrogens with two attached hydrogens (primary N) is 2. The summed E-state index contributed by atoms with van der Waals surface area (Å²) in [7, 11) is 0. The maximum absolute atomic E-state index is 12.0. The Bertz CT molecular complexity index is 1710. The summed E-state index contributed by atoms with van der Waals surface area (Å²) in [5, 5.41) is 0. The minimum atomic E-state index is -0.759. The van der Waals surface area contributed by atoms with Crippen molar-refractivity contribution in [1.82, 2.24) is 19.5 Å². The molecule has 2 atom stereocenters. The van der Waals surface area contributed by atoms with Crippen molar-refractivity contribution in [1.29, 1.82) is 0 Å². The van der Waals surface area contributed by atoms with Crippen LogP contribution >= 0.6 is 0 Å². The number of nitrogen functional groups attached to an aromatic ring is 1. The minimum absolute atomic E-state index is 0.0598. The average Bonchev–Trinajstić information content (AvgIpc) is 3.29. The Morgan fingerprint density at radius 2 is 1.73 bits per heavy atom. The van der Waals surface area contributed by atoms with E-state index in [1.165, 1.54) is 0 Å². The lowest BCUT2D eigenvalue weighted by molar-refractivity contribution is -0.144. The van der Waals surface area contributed by atoms with Gasteiger partial charge in [0, 0.05) is 23.4 Å². The fourth-order valence-electron chi connectivity index (χ4n) is 6.04. The summed E-state index contributed by atoms with van der Waals surface area (Å²) >= 11 is 0. The van der Waals surface area contributed by atoms with E-state index in [0.717, 1.165) is 40.9 Å². The molecule has 1 aliphatic carbocycles.